The number of sulfonamides is 1. The molecule has 0 N–H and O–H groups in total. The second-order valence-electron chi connectivity index (χ2n) is 7.72. The van der Waals surface area contributed by atoms with Crippen molar-refractivity contribution in [2.75, 3.05) is 19.0 Å². The summed E-state index contributed by atoms with van der Waals surface area (Å²) in [6.07, 6.45) is 4.32. The summed E-state index contributed by atoms with van der Waals surface area (Å²) in [5.41, 5.74) is 3.29. The standard InChI is InChI=1S/C24H24N4O3S2/c1-4-17-7-12-21-22(14-17)32-24(26-21)28(16-18-6-5-13-25-15-18)23(29)19-8-10-20(11-9-19)33(30,31)27(2)3/h5-15H,4,16H2,1-3H3. The number of fused-ring (bicyclic) bond motifs is 1. The summed E-state index contributed by atoms with van der Waals surface area (Å²) in [6, 6.07) is 15.8. The van der Waals surface area contributed by atoms with E-state index in [1.54, 1.807) is 17.3 Å². The summed E-state index contributed by atoms with van der Waals surface area (Å²) in [5.74, 6) is -0.262. The van der Waals surface area contributed by atoms with Crippen LogP contribution in [-0.4, -0.2) is 42.7 Å². The number of nitrogens with zero attached hydrogens (tertiary/aromatic N) is 4. The number of rotatable bonds is 7. The van der Waals surface area contributed by atoms with Gasteiger partial charge in [0.05, 0.1) is 21.7 Å². The van der Waals surface area contributed by atoms with Crippen LogP contribution >= 0.6 is 11.3 Å². The van der Waals surface area contributed by atoms with Crippen molar-refractivity contribution in [3.05, 3.63) is 83.7 Å². The molecule has 0 saturated heterocycles. The third-order valence-corrected chi connectivity index (χ3v) is 8.14. The topological polar surface area (TPSA) is 83.5 Å². The minimum atomic E-state index is -3.57. The summed E-state index contributed by atoms with van der Waals surface area (Å²) in [5, 5.41) is 0.581. The molecule has 0 bridgehead atoms. The maximum Gasteiger partial charge on any atom is 0.260 e. The summed E-state index contributed by atoms with van der Waals surface area (Å²) in [7, 11) is -0.628. The van der Waals surface area contributed by atoms with Gasteiger partial charge in [0.2, 0.25) is 10.0 Å². The molecule has 9 heteroatoms. The third-order valence-electron chi connectivity index (χ3n) is 5.27. The van der Waals surface area contributed by atoms with Crippen LogP contribution in [0.5, 0.6) is 0 Å². The molecular formula is C24H24N4O3S2. The van der Waals surface area contributed by atoms with E-state index < -0.39 is 10.0 Å². The molecule has 0 unspecified atom stereocenters. The maximum absolute atomic E-state index is 13.6. The lowest BCUT2D eigenvalue weighted by Crippen LogP contribution is -2.30. The Morgan fingerprint density at radius 3 is 2.42 bits per heavy atom. The van der Waals surface area contributed by atoms with E-state index >= 15 is 0 Å². The third kappa shape index (κ3) is 4.80. The van der Waals surface area contributed by atoms with E-state index in [1.807, 2.05) is 24.3 Å². The van der Waals surface area contributed by atoms with Crippen LogP contribution in [0.1, 0.15) is 28.4 Å². The van der Waals surface area contributed by atoms with Gasteiger partial charge in [0.1, 0.15) is 0 Å². The van der Waals surface area contributed by atoms with Gasteiger partial charge in [0, 0.05) is 32.1 Å². The molecule has 0 aliphatic carbocycles. The Hall–Kier alpha value is -3.14. The van der Waals surface area contributed by atoms with Crippen molar-refractivity contribution in [2.45, 2.75) is 24.8 Å². The number of thiazole rings is 1. The first-order chi connectivity index (χ1) is 15.8. The zero-order chi connectivity index (χ0) is 23.6. The van der Waals surface area contributed by atoms with Crippen molar-refractivity contribution in [1.29, 1.82) is 0 Å². The zero-order valence-electron chi connectivity index (χ0n) is 18.6. The Morgan fingerprint density at radius 2 is 1.79 bits per heavy atom. The van der Waals surface area contributed by atoms with Crippen LogP contribution in [0, 0.1) is 0 Å². The van der Waals surface area contributed by atoms with E-state index in [4.69, 9.17) is 4.98 Å². The van der Waals surface area contributed by atoms with Crippen LogP contribution in [0.3, 0.4) is 0 Å². The van der Waals surface area contributed by atoms with Crippen molar-refractivity contribution >= 4 is 42.6 Å². The van der Waals surface area contributed by atoms with Crippen LogP contribution in [0.15, 0.2) is 71.9 Å². The van der Waals surface area contributed by atoms with Gasteiger partial charge >= 0.3 is 0 Å². The lowest BCUT2D eigenvalue weighted by atomic mass is 10.2. The molecule has 0 aliphatic heterocycles. The highest BCUT2D eigenvalue weighted by molar-refractivity contribution is 7.89. The summed E-state index contributed by atoms with van der Waals surface area (Å²) < 4.78 is 26.9. The van der Waals surface area contributed by atoms with Gasteiger partial charge in [-0.2, -0.15) is 0 Å². The Kier molecular flexibility index (Phi) is 6.55. The fourth-order valence-electron chi connectivity index (χ4n) is 3.33. The second kappa shape index (κ2) is 9.38. The fraction of sp³-hybridized carbons (Fsp3) is 0.208. The number of benzene rings is 2. The van der Waals surface area contributed by atoms with Crippen molar-refractivity contribution < 1.29 is 13.2 Å². The number of anilines is 1. The number of aryl methyl sites for hydroxylation is 1. The molecule has 1 amide bonds. The Labute approximate surface area is 197 Å². The van der Waals surface area contributed by atoms with Crippen LogP contribution in [0.25, 0.3) is 10.2 Å². The Balaban J connectivity index is 1.72. The van der Waals surface area contributed by atoms with Crippen LogP contribution in [0.4, 0.5) is 5.13 Å². The van der Waals surface area contributed by atoms with E-state index in [9.17, 15) is 13.2 Å². The molecular weight excluding hydrogens is 456 g/mol. The molecule has 0 spiro atoms. The van der Waals surface area contributed by atoms with Gasteiger partial charge in [-0.3, -0.25) is 14.7 Å². The lowest BCUT2D eigenvalue weighted by Gasteiger charge is -2.20. The first-order valence-electron chi connectivity index (χ1n) is 10.4. The van der Waals surface area contributed by atoms with Crippen LogP contribution in [0.2, 0.25) is 0 Å². The molecule has 2 heterocycles. The molecule has 33 heavy (non-hydrogen) atoms. The summed E-state index contributed by atoms with van der Waals surface area (Å²) in [6.45, 7) is 2.40. The zero-order valence-corrected chi connectivity index (χ0v) is 20.2. The van der Waals surface area contributed by atoms with Crippen molar-refractivity contribution in [1.82, 2.24) is 14.3 Å². The molecule has 0 saturated carbocycles. The molecule has 0 atom stereocenters. The number of hydrogen-bond acceptors (Lipinski definition) is 6. The summed E-state index contributed by atoms with van der Waals surface area (Å²) >= 11 is 1.46. The molecule has 0 fully saturated rings. The van der Waals surface area contributed by atoms with Gasteiger partial charge in [-0.15, -0.1) is 0 Å². The highest BCUT2D eigenvalue weighted by atomic mass is 32.2. The molecule has 2 aromatic carbocycles. The number of aromatic nitrogens is 2. The predicted octanol–water partition coefficient (Wildman–Crippen LogP) is 4.35. The minimum Gasteiger partial charge on any atom is -0.279 e. The van der Waals surface area contributed by atoms with Crippen molar-refractivity contribution in [2.24, 2.45) is 0 Å². The predicted molar refractivity (Wildman–Crippen MR) is 131 cm³/mol. The van der Waals surface area contributed by atoms with Gasteiger partial charge in [-0.25, -0.2) is 17.7 Å². The number of pyridine rings is 1. The van der Waals surface area contributed by atoms with E-state index in [0.717, 1.165) is 26.5 Å². The van der Waals surface area contributed by atoms with Crippen LogP contribution < -0.4 is 4.90 Å². The van der Waals surface area contributed by atoms with Gasteiger partial charge < -0.3 is 0 Å². The average molecular weight is 481 g/mol. The van der Waals surface area contributed by atoms with Gasteiger partial charge in [0.15, 0.2) is 5.13 Å². The molecule has 170 valence electrons. The monoisotopic (exact) mass is 480 g/mol. The number of carbonyl (C=O) groups excluding carboxylic acids is 1. The van der Waals surface area contributed by atoms with Gasteiger partial charge in [0.25, 0.3) is 5.91 Å². The molecule has 0 radical (unpaired) electrons. The quantitative estimate of drug-likeness (QED) is 0.393. The van der Waals surface area contributed by atoms with E-state index in [0.29, 0.717) is 17.2 Å². The van der Waals surface area contributed by atoms with E-state index in [-0.39, 0.29) is 10.8 Å². The first kappa shape index (κ1) is 23.0. The molecule has 7 nitrogen and oxygen atoms in total. The Morgan fingerprint density at radius 1 is 1.03 bits per heavy atom. The minimum absolute atomic E-state index is 0.134. The highest BCUT2D eigenvalue weighted by Crippen LogP contribution is 2.32. The van der Waals surface area contributed by atoms with Crippen LogP contribution in [-0.2, 0) is 23.0 Å². The largest absolute Gasteiger partial charge is 0.279 e. The smallest absolute Gasteiger partial charge is 0.260 e. The van der Waals surface area contributed by atoms with Gasteiger partial charge in [-0.1, -0.05) is 30.4 Å². The first-order valence-corrected chi connectivity index (χ1v) is 12.7. The second-order valence-corrected chi connectivity index (χ2v) is 10.9. The lowest BCUT2D eigenvalue weighted by molar-refractivity contribution is 0.0985. The number of carbonyl (C=O) groups is 1. The van der Waals surface area contributed by atoms with E-state index in [2.05, 4.69) is 18.0 Å². The van der Waals surface area contributed by atoms with E-state index in [1.165, 1.54) is 55.3 Å². The average Bonchev–Trinajstić information content (AvgIpc) is 3.25. The SMILES string of the molecule is CCc1ccc2nc(N(Cc3cccnc3)C(=O)c3ccc(S(=O)(=O)N(C)C)cc3)sc2c1. The highest BCUT2D eigenvalue weighted by Gasteiger charge is 2.23. The number of amides is 1. The molecule has 4 aromatic rings. The molecule has 0 aliphatic rings. The Bertz CT molecular complexity index is 1380. The molecule has 2 aromatic heterocycles. The fourth-order valence-corrected chi connectivity index (χ4v) is 5.26. The summed E-state index contributed by atoms with van der Waals surface area (Å²) in [4.78, 5) is 24.2. The number of hydrogen-bond donors (Lipinski definition) is 0. The maximum atomic E-state index is 13.6. The van der Waals surface area contributed by atoms with Crippen molar-refractivity contribution in [3.63, 3.8) is 0 Å². The normalized spacial score (nSPS) is 11.8. The molecule has 4 rings (SSSR count). The van der Waals surface area contributed by atoms with Gasteiger partial charge in [-0.05, 0) is 60.0 Å². The van der Waals surface area contributed by atoms with Crippen molar-refractivity contribution in [3.8, 4) is 0 Å².